The zero-order chi connectivity index (χ0) is 20.5. The largest absolute Gasteiger partial charge is 0.497 e. The van der Waals surface area contributed by atoms with Gasteiger partial charge in [-0.25, -0.2) is 0 Å². The molecule has 3 rings (SSSR count). The van der Waals surface area contributed by atoms with Gasteiger partial charge in [0.1, 0.15) is 5.75 Å². The highest BCUT2D eigenvalue weighted by Gasteiger charge is 2.38. The van der Waals surface area contributed by atoms with Gasteiger partial charge in [-0.15, -0.1) is 24.0 Å². The number of aliphatic imine (C=N–C) groups is 1. The molecule has 2 aromatic rings. The average molecular weight is 522 g/mol. The zero-order valence-electron chi connectivity index (χ0n) is 17.6. The van der Waals surface area contributed by atoms with Crippen LogP contribution in [0, 0.1) is 0 Å². The molecule has 0 aliphatic heterocycles. The molecule has 0 heterocycles. The summed E-state index contributed by atoms with van der Waals surface area (Å²) in [4.78, 5) is 16.5. The van der Waals surface area contributed by atoms with Crippen LogP contribution in [0.4, 0.5) is 0 Å². The van der Waals surface area contributed by atoms with Crippen molar-refractivity contribution in [1.29, 1.82) is 0 Å². The van der Waals surface area contributed by atoms with E-state index in [1.54, 1.807) is 38.4 Å². The van der Waals surface area contributed by atoms with E-state index in [0.717, 1.165) is 18.3 Å². The van der Waals surface area contributed by atoms with Crippen molar-refractivity contribution in [2.24, 2.45) is 4.99 Å². The van der Waals surface area contributed by atoms with Crippen molar-refractivity contribution < 1.29 is 9.53 Å². The highest BCUT2D eigenvalue weighted by Crippen LogP contribution is 2.43. The molecular weight excluding hydrogens is 491 g/mol. The van der Waals surface area contributed by atoms with E-state index in [-0.39, 0.29) is 35.3 Å². The van der Waals surface area contributed by atoms with Crippen LogP contribution in [0.1, 0.15) is 35.2 Å². The van der Waals surface area contributed by atoms with E-state index in [1.807, 2.05) is 0 Å². The zero-order valence-corrected chi connectivity index (χ0v) is 19.9. The highest BCUT2D eigenvalue weighted by atomic mass is 127. The number of hydrogen-bond acceptors (Lipinski definition) is 3. The Labute approximate surface area is 195 Å². The van der Waals surface area contributed by atoms with Crippen molar-refractivity contribution in [2.75, 3.05) is 33.8 Å². The van der Waals surface area contributed by atoms with Gasteiger partial charge >= 0.3 is 0 Å². The van der Waals surface area contributed by atoms with Crippen LogP contribution in [0.2, 0.25) is 0 Å². The number of rotatable bonds is 8. The standard InChI is InChI=1S/C23H30N4O2.HI/c1-24-22(27-17-23(13-6-14-23)19-7-4-3-5-8-19)26-16-15-25-21(28)18-9-11-20(29-2)12-10-18;/h3-5,7-12H,6,13-17H2,1-2H3,(H,25,28)(H2,24,26,27);1H. The maximum Gasteiger partial charge on any atom is 0.251 e. The summed E-state index contributed by atoms with van der Waals surface area (Å²) >= 11 is 0. The maximum atomic E-state index is 12.2. The van der Waals surface area contributed by atoms with Gasteiger partial charge in [-0.1, -0.05) is 36.8 Å². The quantitative estimate of drug-likeness (QED) is 0.215. The van der Waals surface area contributed by atoms with Crippen LogP contribution in [0.15, 0.2) is 59.6 Å². The first-order valence-corrected chi connectivity index (χ1v) is 10.1. The van der Waals surface area contributed by atoms with Gasteiger partial charge in [-0.2, -0.15) is 0 Å². The van der Waals surface area contributed by atoms with Crippen molar-refractivity contribution in [3.63, 3.8) is 0 Å². The molecule has 1 amide bonds. The molecule has 1 aliphatic rings. The predicted octanol–water partition coefficient (Wildman–Crippen LogP) is 3.33. The molecule has 162 valence electrons. The Morgan fingerprint density at radius 1 is 1.00 bits per heavy atom. The van der Waals surface area contributed by atoms with E-state index in [4.69, 9.17) is 4.74 Å². The normalized spacial score (nSPS) is 14.7. The lowest BCUT2D eigenvalue weighted by atomic mass is 9.64. The van der Waals surface area contributed by atoms with Crippen LogP contribution in [-0.2, 0) is 5.41 Å². The summed E-state index contributed by atoms with van der Waals surface area (Å²) in [5.74, 6) is 1.39. The van der Waals surface area contributed by atoms with E-state index in [1.165, 1.54) is 24.8 Å². The van der Waals surface area contributed by atoms with Crippen molar-refractivity contribution in [1.82, 2.24) is 16.0 Å². The van der Waals surface area contributed by atoms with Gasteiger partial charge in [0, 0.05) is 37.7 Å². The van der Waals surface area contributed by atoms with E-state index in [9.17, 15) is 4.79 Å². The maximum absolute atomic E-state index is 12.2. The number of halogens is 1. The molecule has 0 atom stereocenters. The summed E-state index contributed by atoms with van der Waals surface area (Å²) in [6, 6.07) is 17.8. The molecule has 3 N–H and O–H groups in total. The number of ether oxygens (including phenoxy) is 1. The molecule has 0 bridgehead atoms. The third-order valence-electron chi connectivity index (χ3n) is 5.57. The first-order valence-electron chi connectivity index (χ1n) is 10.1. The number of carbonyl (C=O) groups is 1. The fourth-order valence-electron chi connectivity index (χ4n) is 3.64. The summed E-state index contributed by atoms with van der Waals surface area (Å²) in [5.41, 5.74) is 2.20. The average Bonchev–Trinajstić information content (AvgIpc) is 2.75. The van der Waals surface area contributed by atoms with Crippen molar-refractivity contribution in [2.45, 2.75) is 24.7 Å². The van der Waals surface area contributed by atoms with Crippen LogP contribution in [-0.4, -0.2) is 45.7 Å². The third kappa shape index (κ3) is 6.10. The molecule has 0 unspecified atom stereocenters. The van der Waals surface area contributed by atoms with E-state index < -0.39 is 0 Å². The summed E-state index contributed by atoms with van der Waals surface area (Å²) < 4.78 is 5.11. The number of nitrogens with zero attached hydrogens (tertiary/aromatic N) is 1. The molecule has 1 aliphatic carbocycles. The van der Waals surface area contributed by atoms with Crippen LogP contribution < -0.4 is 20.7 Å². The molecule has 0 radical (unpaired) electrons. The molecule has 2 aromatic carbocycles. The Balaban J connectivity index is 0.00000320. The molecule has 7 heteroatoms. The molecule has 1 fully saturated rings. The van der Waals surface area contributed by atoms with Gasteiger partial charge in [0.15, 0.2) is 5.96 Å². The minimum absolute atomic E-state index is 0. The molecule has 6 nitrogen and oxygen atoms in total. The van der Waals surface area contributed by atoms with Gasteiger partial charge in [0.25, 0.3) is 5.91 Å². The van der Waals surface area contributed by atoms with Gasteiger partial charge in [0.2, 0.25) is 0 Å². The monoisotopic (exact) mass is 522 g/mol. The van der Waals surface area contributed by atoms with Gasteiger partial charge in [0.05, 0.1) is 7.11 Å². The summed E-state index contributed by atoms with van der Waals surface area (Å²) in [6.07, 6.45) is 3.65. The molecule has 0 spiro atoms. The Morgan fingerprint density at radius 3 is 2.23 bits per heavy atom. The third-order valence-corrected chi connectivity index (χ3v) is 5.57. The number of amides is 1. The first-order chi connectivity index (χ1) is 14.2. The number of guanidine groups is 1. The number of carbonyl (C=O) groups excluding carboxylic acids is 1. The van der Waals surface area contributed by atoms with Gasteiger partial charge < -0.3 is 20.7 Å². The Hall–Kier alpha value is -2.29. The fourth-order valence-corrected chi connectivity index (χ4v) is 3.64. The molecule has 1 saturated carbocycles. The number of nitrogens with one attached hydrogen (secondary N) is 3. The Morgan fingerprint density at radius 2 is 1.67 bits per heavy atom. The SMILES string of the molecule is CN=C(NCCNC(=O)c1ccc(OC)cc1)NCC1(c2ccccc2)CCC1.I. The molecular formula is C23H31IN4O2. The second-order valence-electron chi connectivity index (χ2n) is 7.34. The Kier molecular flexibility index (Phi) is 9.42. The minimum Gasteiger partial charge on any atom is -0.497 e. The lowest BCUT2D eigenvalue weighted by Crippen LogP contribution is -2.49. The van der Waals surface area contributed by atoms with Crippen LogP contribution >= 0.6 is 24.0 Å². The van der Waals surface area contributed by atoms with E-state index in [0.29, 0.717) is 18.7 Å². The lowest BCUT2D eigenvalue weighted by Gasteiger charge is -2.43. The lowest BCUT2D eigenvalue weighted by molar-refractivity contribution is 0.0954. The van der Waals surface area contributed by atoms with Gasteiger partial charge in [-0.3, -0.25) is 9.79 Å². The van der Waals surface area contributed by atoms with Crippen molar-refractivity contribution >= 4 is 35.8 Å². The minimum atomic E-state index is -0.102. The van der Waals surface area contributed by atoms with E-state index >= 15 is 0 Å². The molecule has 0 saturated heterocycles. The number of benzene rings is 2. The molecule has 30 heavy (non-hydrogen) atoms. The van der Waals surface area contributed by atoms with Crippen LogP contribution in [0.5, 0.6) is 5.75 Å². The predicted molar refractivity (Wildman–Crippen MR) is 132 cm³/mol. The number of hydrogen-bond donors (Lipinski definition) is 3. The first kappa shape index (κ1) is 24.0. The fraction of sp³-hybridized carbons (Fsp3) is 0.391. The van der Waals surface area contributed by atoms with Crippen LogP contribution in [0.25, 0.3) is 0 Å². The van der Waals surface area contributed by atoms with Crippen molar-refractivity contribution in [3.05, 3.63) is 65.7 Å². The Bertz CT molecular complexity index is 821. The second kappa shape index (κ2) is 11.8. The smallest absolute Gasteiger partial charge is 0.251 e. The summed E-state index contributed by atoms with van der Waals surface area (Å²) in [7, 11) is 3.37. The highest BCUT2D eigenvalue weighted by molar-refractivity contribution is 14.0. The van der Waals surface area contributed by atoms with Gasteiger partial charge in [-0.05, 0) is 42.7 Å². The van der Waals surface area contributed by atoms with E-state index in [2.05, 4.69) is 51.3 Å². The number of methoxy groups -OCH3 is 1. The van der Waals surface area contributed by atoms with Crippen molar-refractivity contribution in [3.8, 4) is 5.75 Å². The van der Waals surface area contributed by atoms with Crippen LogP contribution in [0.3, 0.4) is 0 Å². The summed E-state index contributed by atoms with van der Waals surface area (Å²) in [6.45, 7) is 1.96. The summed E-state index contributed by atoms with van der Waals surface area (Å²) in [5, 5.41) is 9.64. The topological polar surface area (TPSA) is 74.8 Å². The second-order valence-corrected chi connectivity index (χ2v) is 7.34. The molecule has 0 aromatic heterocycles.